The molecule has 1 heteroatoms. The van der Waals surface area contributed by atoms with Gasteiger partial charge in [0.1, 0.15) is 12.4 Å². The highest BCUT2D eigenvalue weighted by Crippen LogP contribution is 2.31. The van der Waals surface area contributed by atoms with Gasteiger partial charge in [-0.15, -0.1) is 6.42 Å². The van der Waals surface area contributed by atoms with E-state index in [4.69, 9.17) is 11.2 Å². The molecule has 0 aromatic heterocycles. The maximum atomic E-state index is 5.64. The van der Waals surface area contributed by atoms with Crippen LogP contribution in [0.25, 0.3) is 0 Å². The third-order valence-electron chi connectivity index (χ3n) is 2.90. The monoisotopic (exact) mass is 230 g/mol. The van der Waals surface area contributed by atoms with Crippen LogP contribution in [0, 0.1) is 19.3 Å². The number of aryl methyl sites for hydroxylation is 2. The molecule has 1 nitrogen and oxygen atoms in total. The molecule has 0 N–H and O–H groups in total. The number of ether oxygens (including phenoxy) is 1. The molecule has 0 atom stereocenters. The van der Waals surface area contributed by atoms with Crippen LogP contribution in [0.4, 0.5) is 0 Å². The van der Waals surface area contributed by atoms with Gasteiger partial charge in [-0.05, 0) is 35.4 Å². The average Bonchev–Trinajstić information content (AvgIpc) is 2.25. The third-order valence-corrected chi connectivity index (χ3v) is 2.90. The van der Waals surface area contributed by atoms with Crippen molar-refractivity contribution in [1.29, 1.82) is 0 Å². The molecule has 0 saturated heterocycles. The van der Waals surface area contributed by atoms with Crippen LogP contribution in [0.15, 0.2) is 12.1 Å². The summed E-state index contributed by atoms with van der Waals surface area (Å²) in [5.41, 5.74) is 3.92. The molecule has 92 valence electrons. The first-order valence-corrected chi connectivity index (χ1v) is 6.10. The van der Waals surface area contributed by atoms with Gasteiger partial charge >= 0.3 is 0 Å². The summed E-state index contributed by atoms with van der Waals surface area (Å²) in [6.45, 7) is 11.2. The van der Waals surface area contributed by atoms with Crippen molar-refractivity contribution in [2.24, 2.45) is 0 Å². The topological polar surface area (TPSA) is 9.23 Å². The second-order valence-electron chi connectivity index (χ2n) is 5.38. The maximum absolute atomic E-state index is 5.64. The van der Waals surface area contributed by atoms with Crippen LogP contribution in [0.3, 0.4) is 0 Å². The van der Waals surface area contributed by atoms with Crippen molar-refractivity contribution in [1.82, 2.24) is 0 Å². The van der Waals surface area contributed by atoms with E-state index in [1.165, 1.54) is 16.7 Å². The van der Waals surface area contributed by atoms with E-state index in [0.717, 1.165) is 12.2 Å². The molecule has 0 amide bonds. The number of hydrogen-bond acceptors (Lipinski definition) is 1. The first-order chi connectivity index (χ1) is 7.90. The lowest BCUT2D eigenvalue weighted by molar-refractivity contribution is 0.363. The van der Waals surface area contributed by atoms with E-state index in [-0.39, 0.29) is 5.41 Å². The number of hydrogen-bond donors (Lipinski definition) is 0. The van der Waals surface area contributed by atoms with Crippen LogP contribution in [-0.4, -0.2) is 6.61 Å². The second-order valence-corrected chi connectivity index (χ2v) is 5.38. The number of terminal acetylenes is 1. The SMILES string of the molecule is C#CCOc1c(C)cc(C(C)(C)C)cc1CC. The minimum Gasteiger partial charge on any atom is -0.480 e. The normalized spacial score (nSPS) is 11.1. The predicted molar refractivity (Wildman–Crippen MR) is 73.6 cm³/mol. The largest absolute Gasteiger partial charge is 0.480 e. The van der Waals surface area contributed by atoms with E-state index >= 15 is 0 Å². The van der Waals surface area contributed by atoms with Crippen molar-refractivity contribution in [3.63, 3.8) is 0 Å². The first-order valence-electron chi connectivity index (χ1n) is 6.10. The molecule has 1 aromatic rings. The van der Waals surface area contributed by atoms with E-state index in [2.05, 4.69) is 52.7 Å². The molecule has 17 heavy (non-hydrogen) atoms. The van der Waals surface area contributed by atoms with Crippen molar-refractivity contribution in [2.75, 3.05) is 6.61 Å². The zero-order chi connectivity index (χ0) is 13.1. The van der Waals surface area contributed by atoms with Crippen molar-refractivity contribution in [3.8, 4) is 18.1 Å². The highest BCUT2D eigenvalue weighted by molar-refractivity contribution is 5.46. The molecule has 0 saturated carbocycles. The van der Waals surface area contributed by atoms with Gasteiger partial charge in [0.2, 0.25) is 0 Å². The van der Waals surface area contributed by atoms with Crippen LogP contribution in [0.2, 0.25) is 0 Å². The minimum atomic E-state index is 0.166. The van der Waals surface area contributed by atoms with Crippen molar-refractivity contribution in [2.45, 2.75) is 46.5 Å². The summed E-state index contributed by atoms with van der Waals surface area (Å²) in [7, 11) is 0. The van der Waals surface area contributed by atoms with Crippen LogP contribution < -0.4 is 4.74 Å². The van der Waals surface area contributed by atoms with Crippen molar-refractivity contribution >= 4 is 0 Å². The third kappa shape index (κ3) is 3.27. The first kappa shape index (κ1) is 13.6. The smallest absolute Gasteiger partial charge is 0.148 e. The molecule has 1 rings (SSSR count). The van der Waals surface area contributed by atoms with Crippen molar-refractivity contribution in [3.05, 3.63) is 28.8 Å². The lowest BCUT2D eigenvalue weighted by Gasteiger charge is -2.22. The van der Waals surface area contributed by atoms with Crippen LogP contribution in [-0.2, 0) is 11.8 Å². The Morgan fingerprint density at radius 1 is 1.29 bits per heavy atom. The molecule has 0 fully saturated rings. The quantitative estimate of drug-likeness (QED) is 0.716. The summed E-state index contributed by atoms with van der Waals surface area (Å²) < 4.78 is 5.64. The molecular formula is C16H22O. The Bertz CT molecular complexity index is 430. The summed E-state index contributed by atoms with van der Waals surface area (Å²) in [4.78, 5) is 0. The van der Waals surface area contributed by atoms with E-state index in [0.29, 0.717) is 6.61 Å². The summed E-state index contributed by atoms with van der Waals surface area (Å²) in [6, 6.07) is 4.43. The molecule has 0 aliphatic carbocycles. The fourth-order valence-electron chi connectivity index (χ4n) is 1.86. The molecular weight excluding hydrogens is 208 g/mol. The second kappa shape index (κ2) is 5.27. The van der Waals surface area contributed by atoms with E-state index < -0.39 is 0 Å². The van der Waals surface area contributed by atoms with Crippen molar-refractivity contribution < 1.29 is 4.74 Å². The summed E-state index contributed by atoms with van der Waals surface area (Å²) >= 11 is 0. The average molecular weight is 230 g/mol. The van der Waals surface area contributed by atoms with E-state index in [1.807, 2.05) is 0 Å². The van der Waals surface area contributed by atoms with Gasteiger partial charge in [0.15, 0.2) is 0 Å². The molecule has 1 aromatic carbocycles. The number of benzene rings is 1. The van der Waals surface area contributed by atoms with Gasteiger partial charge in [-0.1, -0.05) is 45.7 Å². The fourth-order valence-corrected chi connectivity index (χ4v) is 1.86. The molecule has 0 spiro atoms. The van der Waals surface area contributed by atoms with Gasteiger partial charge in [0.05, 0.1) is 0 Å². The van der Waals surface area contributed by atoms with Gasteiger partial charge < -0.3 is 4.74 Å². The molecule has 0 aliphatic heterocycles. The molecule has 0 bridgehead atoms. The Hall–Kier alpha value is -1.42. The standard InChI is InChI=1S/C16H22O/c1-7-9-17-15-12(3)10-14(16(4,5)6)11-13(15)8-2/h1,10-11H,8-9H2,2-6H3. The Morgan fingerprint density at radius 2 is 1.94 bits per heavy atom. The maximum Gasteiger partial charge on any atom is 0.148 e. The van der Waals surface area contributed by atoms with Crippen LogP contribution in [0.5, 0.6) is 5.75 Å². The highest BCUT2D eigenvalue weighted by atomic mass is 16.5. The van der Waals surface area contributed by atoms with E-state index in [9.17, 15) is 0 Å². The van der Waals surface area contributed by atoms with Crippen LogP contribution in [0.1, 0.15) is 44.4 Å². The fraction of sp³-hybridized carbons (Fsp3) is 0.500. The molecule has 0 radical (unpaired) electrons. The lowest BCUT2D eigenvalue weighted by atomic mass is 9.84. The Labute approximate surface area is 105 Å². The Kier molecular flexibility index (Phi) is 4.23. The summed E-state index contributed by atoms with van der Waals surface area (Å²) in [5, 5.41) is 0. The summed E-state index contributed by atoms with van der Waals surface area (Å²) in [6.07, 6.45) is 6.21. The highest BCUT2D eigenvalue weighted by Gasteiger charge is 2.17. The Morgan fingerprint density at radius 3 is 2.41 bits per heavy atom. The molecule has 0 aliphatic rings. The lowest BCUT2D eigenvalue weighted by Crippen LogP contribution is -2.13. The Balaban J connectivity index is 3.22. The van der Waals surface area contributed by atoms with E-state index in [1.54, 1.807) is 0 Å². The van der Waals surface area contributed by atoms with Gasteiger partial charge in [-0.25, -0.2) is 0 Å². The van der Waals surface area contributed by atoms with Gasteiger partial charge in [0, 0.05) is 0 Å². The predicted octanol–water partition coefficient (Wildman–Crippen LogP) is 3.87. The zero-order valence-electron chi connectivity index (χ0n) is 11.6. The van der Waals surface area contributed by atoms with Gasteiger partial charge in [0.25, 0.3) is 0 Å². The van der Waals surface area contributed by atoms with Gasteiger partial charge in [-0.2, -0.15) is 0 Å². The zero-order valence-corrected chi connectivity index (χ0v) is 11.6. The van der Waals surface area contributed by atoms with Gasteiger partial charge in [-0.3, -0.25) is 0 Å². The van der Waals surface area contributed by atoms with Crippen LogP contribution >= 0.6 is 0 Å². The molecule has 0 unspecified atom stereocenters. The summed E-state index contributed by atoms with van der Waals surface area (Å²) in [5.74, 6) is 3.47. The molecule has 0 heterocycles. The number of rotatable bonds is 3. The minimum absolute atomic E-state index is 0.166.